The van der Waals surface area contributed by atoms with Crippen molar-refractivity contribution in [3.8, 4) is 11.4 Å². The first-order valence-electron chi connectivity index (χ1n) is 5.69. The molecule has 0 N–H and O–H groups in total. The summed E-state index contributed by atoms with van der Waals surface area (Å²) in [5.74, 6) is 0.801. The van der Waals surface area contributed by atoms with Gasteiger partial charge in [0, 0.05) is 23.9 Å². The Morgan fingerprint density at radius 3 is 2.74 bits per heavy atom. The van der Waals surface area contributed by atoms with Crippen LogP contribution in [0.3, 0.4) is 0 Å². The summed E-state index contributed by atoms with van der Waals surface area (Å²) in [4.78, 5) is 8.52. The largest absolute Gasteiger partial charge is 0.266 e. The quantitative estimate of drug-likeness (QED) is 0.739. The second-order valence-corrected chi connectivity index (χ2v) is 5.02. The molecule has 0 aromatic carbocycles. The Bertz CT molecular complexity index is 684. The summed E-state index contributed by atoms with van der Waals surface area (Å²) in [7, 11) is 1.86. The number of hydrogen-bond acceptors (Lipinski definition) is 4. The molecule has 0 aliphatic heterocycles. The lowest BCUT2D eigenvalue weighted by atomic mass is 10.3. The Balaban J connectivity index is 1.82. The van der Waals surface area contributed by atoms with E-state index < -0.39 is 0 Å². The van der Waals surface area contributed by atoms with Gasteiger partial charge < -0.3 is 0 Å². The van der Waals surface area contributed by atoms with E-state index in [4.69, 9.17) is 0 Å². The van der Waals surface area contributed by atoms with E-state index in [1.807, 2.05) is 30.1 Å². The van der Waals surface area contributed by atoms with Crippen molar-refractivity contribution in [2.45, 2.75) is 6.54 Å². The molecular formula is C12H11BrN6. The summed E-state index contributed by atoms with van der Waals surface area (Å²) in [6, 6.07) is 3.93. The van der Waals surface area contributed by atoms with Gasteiger partial charge in [-0.15, -0.1) is 0 Å². The lowest BCUT2D eigenvalue weighted by Gasteiger charge is -2.00. The van der Waals surface area contributed by atoms with E-state index in [9.17, 15) is 0 Å². The van der Waals surface area contributed by atoms with Gasteiger partial charge in [-0.1, -0.05) is 0 Å². The molecule has 3 aromatic heterocycles. The predicted molar refractivity (Wildman–Crippen MR) is 73.3 cm³/mol. The fourth-order valence-corrected chi connectivity index (χ4v) is 2.02. The summed E-state index contributed by atoms with van der Waals surface area (Å²) in [5, 5.41) is 8.36. The highest BCUT2D eigenvalue weighted by molar-refractivity contribution is 9.10. The van der Waals surface area contributed by atoms with Crippen molar-refractivity contribution in [2.75, 3.05) is 0 Å². The van der Waals surface area contributed by atoms with Gasteiger partial charge in [-0.3, -0.25) is 9.67 Å². The van der Waals surface area contributed by atoms with E-state index in [0.717, 1.165) is 21.6 Å². The third-order valence-electron chi connectivity index (χ3n) is 2.72. The maximum atomic E-state index is 4.32. The van der Waals surface area contributed by atoms with Crippen LogP contribution >= 0.6 is 15.9 Å². The molecule has 0 aliphatic carbocycles. The van der Waals surface area contributed by atoms with Crippen molar-refractivity contribution in [3.63, 3.8) is 0 Å². The number of halogens is 1. The molecule has 0 aliphatic rings. The standard InChI is InChI=1S/C12H11BrN6/c1-18-12(15-8-17-18)9-4-16-19(6-9)7-11-3-2-10(13)5-14-11/h2-6,8H,7H2,1H3. The summed E-state index contributed by atoms with van der Waals surface area (Å²) < 4.78 is 4.52. The van der Waals surface area contributed by atoms with E-state index in [1.54, 1.807) is 17.1 Å². The highest BCUT2D eigenvalue weighted by atomic mass is 79.9. The molecule has 3 aromatic rings. The first kappa shape index (κ1) is 12.0. The maximum Gasteiger partial charge on any atom is 0.160 e. The Kier molecular flexibility index (Phi) is 3.12. The topological polar surface area (TPSA) is 61.4 Å². The number of aryl methyl sites for hydroxylation is 1. The van der Waals surface area contributed by atoms with Crippen molar-refractivity contribution in [1.82, 2.24) is 29.5 Å². The zero-order valence-electron chi connectivity index (χ0n) is 10.2. The van der Waals surface area contributed by atoms with Crippen molar-refractivity contribution in [3.05, 3.63) is 47.2 Å². The third-order valence-corrected chi connectivity index (χ3v) is 3.18. The highest BCUT2D eigenvalue weighted by Crippen LogP contribution is 2.15. The summed E-state index contributed by atoms with van der Waals surface area (Å²) >= 11 is 3.37. The SMILES string of the molecule is Cn1ncnc1-c1cnn(Cc2ccc(Br)cn2)c1. The van der Waals surface area contributed by atoms with E-state index >= 15 is 0 Å². The Hall–Kier alpha value is -2.02. The van der Waals surface area contributed by atoms with Gasteiger partial charge in [0.15, 0.2) is 5.82 Å². The van der Waals surface area contributed by atoms with Crippen LogP contribution in [0.4, 0.5) is 0 Å². The zero-order chi connectivity index (χ0) is 13.2. The Morgan fingerprint density at radius 1 is 1.16 bits per heavy atom. The van der Waals surface area contributed by atoms with Gasteiger partial charge in [-0.05, 0) is 28.1 Å². The van der Waals surface area contributed by atoms with Gasteiger partial charge in [0.25, 0.3) is 0 Å². The predicted octanol–water partition coefficient (Wildman–Crippen LogP) is 1.88. The average molecular weight is 319 g/mol. The molecule has 0 unspecified atom stereocenters. The number of aromatic nitrogens is 6. The second kappa shape index (κ2) is 4.93. The summed E-state index contributed by atoms with van der Waals surface area (Å²) in [6.45, 7) is 0.630. The number of hydrogen-bond donors (Lipinski definition) is 0. The monoisotopic (exact) mass is 318 g/mol. The van der Waals surface area contributed by atoms with E-state index in [0.29, 0.717) is 6.54 Å². The molecule has 3 rings (SSSR count). The number of nitrogens with zero attached hydrogens (tertiary/aromatic N) is 6. The molecule has 3 heterocycles. The Morgan fingerprint density at radius 2 is 2.05 bits per heavy atom. The molecule has 0 radical (unpaired) electrons. The minimum Gasteiger partial charge on any atom is -0.266 e. The number of rotatable bonds is 3. The molecule has 0 spiro atoms. The molecule has 96 valence electrons. The molecule has 6 nitrogen and oxygen atoms in total. The van der Waals surface area contributed by atoms with Crippen molar-refractivity contribution < 1.29 is 0 Å². The van der Waals surface area contributed by atoms with Gasteiger partial charge in [-0.25, -0.2) is 9.67 Å². The molecule has 0 bridgehead atoms. The smallest absolute Gasteiger partial charge is 0.160 e. The maximum absolute atomic E-state index is 4.32. The summed E-state index contributed by atoms with van der Waals surface area (Å²) in [6.07, 6.45) is 7.03. The van der Waals surface area contributed by atoms with Crippen molar-refractivity contribution in [2.24, 2.45) is 7.05 Å². The molecule has 0 amide bonds. The van der Waals surface area contributed by atoms with E-state index in [2.05, 4.69) is 36.1 Å². The van der Waals surface area contributed by atoms with Gasteiger partial charge in [0.1, 0.15) is 6.33 Å². The normalized spacial score (nSPS) is 10.8. The first-order chi connectivity index (χ1) is 9.22. The molecule has 0 saturated carbocycles. The zero-order valence-corrected chi connectivity index (χ0v) is 11.8. The highest BCUT2D eigenvalue weighted by Gasteiger charge is 2.07. The fourth-order valence-electron chi connectivity index (χ4n) is 1.79. The van der Waals surface area contributed by atoms with Crippen LogP contribution in [0.1, 0.15) is 5.69 Å². The van der Waals surface area contributed by atoms with Crippen LogP contribution < -0.4 is 0 Å². The van der Waals surface area contributed by atoms with Crippen LogP contribution in [0.5, 0.6) is 0 Å². The fraction of sp³-hybridized carbons (Fsp3) is 0.167. The average Bonchev–Trinajstić information content (AvgIpc) is 3.01. The lowest BCUT2D eigenvalue weighted by Crippen LogP contribution is -2.01. The van der Waals surface area contributed by atoms with Crippen LogP contribution in [-0.4, -0.2) is 29.5 Å². The van der Waals surface area contributed by atoms with Crippen LogP contribution in [-0.2, 0) is 13.6 Å². The second-order valence-electron chi connectivity index (χ2n) is 4.10. The van der Waals surface area contributed by atoms with Gasteiger partial charge >= 0.3 is 0 Å². The van der Waals surface area contributed by atoms with Crippen LogP contribution in [0.25, 0.3) is 11.4 Å². The van der Waals surface area contributed by atoms with E-state index in [1.165, 1.54) is 6.33 Å². The molecule has 0 atom stereocenters. The molecule has 19 heavy (non-hydrogen) atoms. The minimum absolute atomic E-state index is 0.630. The first-order valence-corrected chi connectivity index (χ1v) is 6.49. The molecule has 7 heteroatoms. The van der Waals surface area contributed by atoms with Gasteiger partial charge in [-0.2, -0.15) is 10.2 Å². The molecular weight excluding hydrogens is 308 g/mol. The van der Waals surface area contributed by atoms with Gasteiger partial charge in [0.2, 0.25) is 0 Å². The molecule has 0 fully saturated rings. The molecule has 0 saturated heterocycles. The van der Waals surface area contributed by atoms with Crippen LogP contribution in [0.15, 0.2) is 41.5 Å². The lowest BCUT2D eigenvalue weighted by molar-refractivity contribution is 0.672. The van der Waals surface area contributed by atoms with Crippen molar-refractivity contribution >= 4 is 15.9 Å². The van der Waals surface area contributed by atoms with Crippen LogP contribution in [0.2, 0.25) is 0 Å². The minimum atomic E-state index is 0.630. The van der Waals surface area contributed by atoms with E-state index in [-0.39, 0.29) is 0 Å². The van der Waals surface area contributed by atoms with Crippen LogP contribution in [0, 0.1) is 0 Å². The van der Waals surface area contributed by atoms with Crippen molar-refractivity contribution in [1.29, 1.82) is 0 Å². The summed E-state index contributed by atoms with van der Waals surface area (Å²) in [5.41, 5.74) is 1.90. The van der Waals surface area contributed by atoms with Gasteiger partial charge in [0.05, 0.1) is 24.0 Å². The third kappa shape index (κ3) is 2.55. The number of pyridine rings is 1. The Labute approximate surface area is 118 Å².